The number of aromatic nitrogens is 4. The molecule has 0 aliphatic carbocycles. The van der Waals surface area contributed by atoms with Gasteiger partial charge in [0.2, 0.25) is 27.6 Å². The van der Waals surface area contributed by atoms with E-state index in [1.807, 2.05) is 20.8 Å². The Hall–Kier alpha value is -8.84. The van der Waals surface area contributed by atoms with E-state index in [1.54, 1.807) is 80.5 Å². The van der Waals surface area contributed by atoms with Crippen LogP contribution in [0.15, 0.2) is 82.3 Å². The van der Waals surface area contributed by atoms with Gasteiger partial charge in [0.25, 0.3) is 22.6 Å². The summed E-state index contributed by atoms with van der Waals surface area (Å²) in [6, 6.07) is 7.65. The first-order chi connectivity index (χ1) is 62.2. The van der Waals surface area contributed by atoms with E-state index in [0.29, 0.717) is 112 Å². The molecule has 0 atom stereocenters. The molecule has 50 heteroatoms. The van der Waals surface area contributed by atoms with E-state index < -0.39 is 85.6 Å². The third kappa shape index (κ3) is 22.1. The average molecular weight is 2170 g/mol. The molecule has 0 aliphatic heterocycles. The Bertz CT molecular complexity index is 6820. The Balaban J connectivity index is 0.000000122. The number of fused-ring (bicyclic) bond motifs is 12. The summed E-state index contributed by atoms with van der Waals surface area (Å²) in [4.78, 5) is 20.2. The van der Waals surface area contributed by atoms with Gasteiger partial charge in [0.1, 0.15) is 51.2 Å². The first kappa shape index (κ1) is 101. The summed E-state index contributed by atoms with van der Waals surface area (Å²) in [6.45, 7) is 20.5. The zero-order chi connectivity index (χ0) is 96.1. The van der Waals surface area contributed by atoms with E-state index >= 15 is 0 Å². The van der Waals surface area contributed by atoms with Crippen molar-refractivity contribution >= 4 is 312 Å². The summed E-state index contributed by atoms with van der Waals surface area (Å²) in [5.41, 5.74) is 2.29. The molecule has 0 saturated heterocycles. The van der Waals surface area contributed by atoms with E-state index in [2.05, 4.69) is 42.0 Å². The fourth-order valence-corrected chi connectivity index (χ4v) is 27.7. The minimum absolute atomic E-state index is 0.0324. The number of aromatic amines is 2. The van der Waals surface area contributed by atoms with Gasteiger partial charge >= 0.3 is 12.0 Å². The molecule has 24 rings (SSSR count). The predicted molar refractivity (Wildman–Crippen MR) is 493 cm³/mol. The number of hydrogen-bond donors (Lipinski definition) is 2. The number of thiazole rings is 2. The first-order valence-corrected chi connectivity index (χ1v) is 50.1. The zero-order valence-electron chi connectivity index (χ0n) is 67.7. The van der Waals surface area contributed by atoms with E-state index in [0.717, 1.165) is 140 Å². The number of nitrogens with one attached hydrogen (secondary N) is 2. The van der Waals surface area contributed by atoms with Crippen molar-refractivity contribution in [3.63, 3.8) is 0 Å². The number of halogens is 24. The zero-order valence-corrected chi connectivity index (χ0v) is 81.6. The fraction of sp³-hybridized carbons (Fsp3) is 0.146. The summed E-state index contributed by atoms with van der Waals surface area (Å²) >= 11 is 18.4. The molecule has 9 nitrogen and oxygen atoms in total. The molecule has 24 aromatic heterocycles. The quantitative estimate of drug-likeness (QED) is 0.145. The minimum atomic E-state index is -1.16. The second kappa shape index (κ2) is 41.8. The second-order valence-electron chi connectivity index (χ2n) is 26.7. The van der Waals surface area contributed by atoms with Crippen LogP contribution in [0.25, 0.3) is 119 Å². The van der Waals surface area contributed by atoms with Gasteiger partial charge in [0.15, 0.2) is 90.1 Å². The van der Waals surface area contributed by atoms with Gasteiger partial charge in [-0.1, -0.05) is 45.3 Å². The van der Waals surface area contributed by atoms with E-state index in [1.165, 1.54) is 120 Å². The van der Waals surface area contributed by atoms with Crippen molar-refractivity contribution in [1.29, 1.82) is 0 Å². The third-order valence-electron chi connectivity index (χ3n) is 17.2. The van der Waals surface area contributed by atoms with Gasteiger partial charge in [-0.3, -0.25) is 0 Å². The minimum Gasteiger partial charge on any atom is -0.457 e. The van der Waals surface area contributed by atoms with Crippen molar-refractivity contribution < 1.29 is 127 Å². The standard InChI is InChI=1S/C7H5F2NO.C7H5F2NS.4C7H4F2OS.4C7H4F2S2.2C6H3F2NS2/c2*1-3-2-4-5(8)6(9)11-7(4)10-3;1-3-5(9)6-7(11-3)4(8)2-10-6;1-3-6(9)7-4(11-3)2-5(8)10-7;1-3-6(9)4-2-5(8)10-7(4)11-3;1-3-2-4-6(11-3)5(8)7(9)10-4;1-3-5(9)7-6(11-3)4(8)2-10-7;1-3-6(9)7-4(10-3)2-5(8)11-7;1-3-6(9)4-2-5(8)11-7(4)10-3;1-3-2-4-6(10-3)5(8)7(9)11-4;1-2-3(7)4-5(10-2)9-6(8)11-4;1-2-3(7)4-5(10-2)11-6(8)9-4/h2*2,10H,1H3;8*2H,1H3;2*1H3. The summed E-state index contributed by atoms with van der Waals surface area (Å²) in [7, 11) is 0. The normalized spacial score (nSPS) is 11.2. The lowest BCUT2D eigenvalue weighted by atomic mass is 10.3. The van der Waals surface area contributed by atoms with Crippen LogP contribution in [0.3, 0.4) is 0 Å². The topological polar surface area (TPSA) is 123 Å². The van der Waals surface area contributed by atoms with Gasteiger partial charge in [-0.05, 0) is 113 Å². The molecule has 0 fully saturated rings. The van der Waals surface area contributed by atoms with Crippen LogP contribution in [0, 0.1) is 220 Å². The maximum Gasteiger partial charge on any atom is 0.316 e. The smallest absolute Gasteiger partial charge is 0.316 e. The summed E-state index contributed by atoms with van der Waals surface area (Å²) in [5.74, 6) is -6.82. The second-order valence-corrected chi connectivity index (χ2v) is 46.3. The Kier molecular flexibility index (Phi) is 31.8. The number of aryl methyl sites for hydroxylation is 12. The molecular formula is C82H48F24N4O5S17. The van der Waals surface area contributed by atoms with Crippen LogP contribution in [0.1, 0.15) is 60.2 Å². The number of furan rings is 5. The van der Waals surface area contributed by atoms with Crippen LogP contribution in [0.5, 0.6) is 0 Å². The molecule has 0 bridgehead atoms. The predicted octanol–water partition coefficient (Wildman–Crippen LogP) is 37.6. The highest BCUT2D eigenvalue weighted by Crippen LogP contribution is 2.43. The molecule has 24 aromatic rings. The molecule has 0 unspecified atom stereocenters. The first-order valence-electron chi connectivity index (χ1n) is 36.2. The van der Waals surface area contributed by atoms with Crippen LogP contribution in [0.4, 0.5) is 105 Å². The number of hydrogen-bond acceptors (Lipinski definition) is 24. The molecule has 0 spiro atoms. The van der Waals surface area contributed by atoms with E-state index in [-0.39, 0.29) is 93.6 Å². The van der Waals surface area contributed by atoms with Gasteiger partial charge in [-0.2, -0.15) is 57.7 Å². The van der Waals surface area contributed by atoms with Crippen molar-refractivity contribution in [3.8, 4) is 0 Å². The van der Waals surface area contributed by atoms with Crippen LogP contribution >= 0.6 is 193 Å². The summed E-state index contributed by atoms with van der Waals surface area (Å²) < 4.78 is 333. The van der Waals surface area contributed by atoms with Gasteiger partial charge in [-0.15, -0.1) is 147 Å². The Morgan fingerprint density at radius 2 is 0.841 bits per heavy atom. The van der Waals surface area contributed by atoms with Crippen molar-refractivity contribution in [3.05, 3.63) is 257 Å². The lowest BCUT2D eigenvalue weighted by Crippen LogP contribution is -1.73. The lowest BCUT2D eigenvalue weighted by molar-refractivity contribution is 0.339. The Labute approximate surface area is 791 Å². The molecule has 696 valence electrons. The van der Waals surface area contributed by atoms with Crippen LogP contribution in [-0.2, 0) is 0 Å². The van der Waals surface area contributed by atoms with Crippen molar-refractivity contribution in [2.45, 2.75) is 83.1 Å². The number of rotatable bonds is 0. The number of H-pyrrole nitrogens is 2. The van der Waals surface area contributed by atoms with E-state index in [4.69, 9.17) is 0 Å². The van der Waals surface area contributed by atoms with Crippen molar-refractivity contribution in [2.75, 3.05) is 0 Å². The highest BCUT2D eigenvalue weighted by atomic mass is 32.2. The summed E-state index contributed by atoms with van der Waals surface area (Å²) in [6.07, 6.45) is 0.920. The largest absolute Gasteiger partial charge is 0.457 e. The molecule has 0 saturated carbocycles. The number of nitrogens with zero attached hydrogens (tertiary/aromatic N) is 2. The van der Waals surface area contributed by atoms with Crippen molar-refractivity contribution in [2.24, 2.45) is 0 Å². The van der Waals surface area contributed by atoms with Crippen molar-refractivity contribution in [1.82, 2.24) is 19.9 Å². The Morgan fingerprint density at radius 1 is 0.303 bits per heavy atom. The van der Waals surface area contributed by atoms with E-state index in [9.17, 15) is 105 Å². The molecule has 0 amide bonds. The fourth-order valence-electron chi connectivity index (χ4n) is 11.3. The van der Waals surface area contributed by atoms with Gasteiger partial charge in [0, 0.05) is 94.5 Å². The monoisotopic (exact) mass is 2170 g/mol. The molecule has 0 radical (unpaired) electrons. The average Bonchev–Trinajstić information content (AvgIpc) is 1.64. The van der Waals surface area contributed by atoms with Gasteiger partial charge in [-0.25, -0.2) is 57.7 Å². The van der Waals surface area contributed by atoms with Crippen LogP contribution in [0.2, 0.25) is 0 Å². The Morgan fingerprint density at radius 3 is 1.48 bits per heavy atom. The van der Waals surface area contributed by atoms with Gasteiger partial charge < -0.3 is 32.1 Å². The molecule has 24 heterocycles. The third-order valence-corrected chi connectivity index (χ3v) is 34.5. The molecular weight excluding hydrogens is 2120 g/mol. The highest BCUT2D eigenvalue weighted by Gasteiger charge is 2.24. The molecule has 0 aliphatic rings. The van der Waals surface area contributed by atoms with Crippen LogP contribution in [-0.4, -0.2) is 19.9 Å². The SMILES string of the molecule is Cc1cc2c(F)c(F)oc2[nH]1.Cc1cc2c(F)c(F)sc2[nH]1.Cc1cc2oc(F)c(F)c2s1.Cc1cc2sc(F)c(F)c2s1.Cc1sc2c(F)coc2c1F.Cc1sc2c(F)csc2c1F.Cc1sc2cc(F)oc2c1F.Cc1sc2cc(F)sc2c1F.Cc1sc2nc(F)sc2c1F.Cc1sc2oc(F)cc2c1F.Cc1sc2sc(F)cc2c1F.Cc1sc2sc(F)nc2c1F. The molecule has 2 N–H and O–H groups in total. The number of thiophene rings is 15. The van der Waals surface area contributed by atoms with Gasteiger partial charge in [0.05, 0.1) is 47.7 Å². The molecule has 132 heavy (non-hydrogen) atoms. The summed E-state index contributed by atoms with van der Waals surface area (Å²) in [5, 5.41) is -0.683. The maximum absolute atomic E-state index is 13.0. The highest BCUT2D eigenvalue weighted by molar-refractivity contribution is 7.38. The van der Waals surface area contributed by atoms with Crippen LogP contribution < -0.4 is 0 Å². The maximum atomic E-state index is 13.0. The molecule has 0 aromatic carbocycles. The lowest BCUT2D eigenvalue weighted by Gasteiger charge is -1.80.